The van der Waals surface area contributed by atoms with Crippen LogP contribution in [-0.4, -0.2) is 9.78 Å². The second-order valence-electron chi connectivity index (χ2n) is 4.46. The van der Waals surface area contributed by atoms with Gasteiger partial charge in [-0.1, -0.05) is 32.0 Å². The molecule has 0 unspecified atom stereocenters. The number of hydrogen-bond donors (Lipinski definition) is 0. The summed E-state index contributed by atoms with van der Waals surface area (Å²) in [6.07, 6.45) is 1.92. The Morgan fingerprint density at radius 1 is 1.24 bits per heavy atom. The Bertz CT molecular complexity index is 488. The van der Waals surface area contributed by atoms with Crippen LogP contribution < -0.4 is 4.74 Å². The molecule has 0 aliphatic rings. The van der Waals surface area contributed by atoms with E-state index in [1.54, 1.807) is 4.68 Å². The average Bonchev–Trinajstić information content (AvgIpc) is 2.73. The van der Waals surface area contributed by atoms with Crippen LogP contribution in [0.5, 0.6) is 5.75 Å². The van der Waals surface area contributed by atoms with E-state index in [1.165, 1.54) is 5.56 Å². The monoisotopic (exact) mass is 230 g/mol. The number of aryl methyl sites for hydroxylation is 1. The lowest BCUT2D eigenvalue weighted by molar-refractivity contribution is 0.296. The average molecular weight is 230 g/mol. The molecule has 0 saturated carbocycles. The fraction of sp³-hybridized carbons (Fsp3) is 0.357. The van der Waals surface area contributed by atoms with E-state index in [-0.39, 0.29) is 0 Å². The Labute approximate surface area is 102 Å². The Morgan fingerprint density at radius 3 is 2.65 bits per heavy atom. The Hall–Kier alpha value is -1.77. The number of nitrogens with zero attached hydrogens (tertiary/aromatic N) is 2. The maximum absolute atomic E-state index is 5.82. The summed E-state index contributed by atoms with van der Waals surface area (Å²) in [6, 6.07) is 10.1. The van der Waals surface area contributed by atoms with Gasteiger partial charge in [-0.3, -0.25) is 4.68 Å². The third-order valence-electron chi connectivity index (χ3n) is 2.69. The first-order valence-corrected chi connectivity index (χ1v) is 5.87. The van der Waals surface area contributed by atoms with Gasteiger partial charge in [0.15, 0.2) is 0 Å². The van der Waals surface area contributed by atoms with Gasteiger partial charge in [0.2, 0.25) is 0 Å². The predicted molar refractivity (Wildman–Crippen MR) is 68.1 cm³/mol. The fourth-order valence-corrected chi connectivity index (χ4v) is 1.78. The molecule has 0 bridgehead atoms. The van der Waals surface area contributed by atoms with Crippen LogP contribution in [0, 0.1) is 0 Å². The molecule has 90 valence electrons. The van der Waals surface area contributed by atoms with Gasteiger partial charge in [-0.15, -0.1) is 0 Å². The molecular weight excluding hydrogens is 212 g/mol. The van der Waals surface area contributed by atoms with Gasteiger partial charge in [-0.2, -0.15) is 5.10 Å². The Kier molecular flexibility index (Phi) is 3.47. The summed E-state index contributed by atoms with van der Waals surface area (Å²) in [4.78, 5) is 0. The molecule has 0 atom stereocenters. The number of rotatable bonds is 4. The molecule has 0 aliphatic heterocycles. The highest BCUT2D eigenvalue weighted by atomic mass is 16.5. The van der Waals surface area contributed by atoms with Gasteiger partial charge in [0.25, 0.3) is 0 Å². The summed E-state index contributed by atoms with van der Waals surface area (Å²) in [5.41, 5.74) is 2.19. The predicted octanol–water partition coefficient (Wildman–Crippen LogP) is 3.12. The lowest BCUT2D eigenvalue weighted by Gasteiger charge is -2.12. The van der Waals surface area contributed by atoms with Crippen molar-refractivity contribution in [3.05, 3.63) is 47.8 Å². The van der Waals surface area contributed by atoms with E-state index in [0.29, 0.717) is 12.5 Å². The summed E-state index contributed by atoms with van der Waals surface area (Å²) in [5, 5.41) is 4.29. The van der Waals surface area contributed by atoms with Crippen molar-refractivity contribution in [2.24, 2.45) is 7.05 Å². The largest absolute Gasteiger partial charge is 0.487 e. The van der Waals surface area contributed by atoms with E-state index in [2.05, 4.69) is 25.0 Å². The molecule has 1 aromatic carbocycles. The number of hydrogen-bond acceptors (Lipinski definition) is 2. The van der Waals surface area contributed by atoms with Crippen molar-refractivity contribution < 1.29 is 4.74 Å². The lowest BCUT2D eigenvalue weighted by Crippen LogP contribution is -2.01. The van der Waals surface area contributed by atoms with Crippen molar-refractivity contribution in [3.8, 4) is 5.75 Å². The van der Waals surface area contributed by atoms with Crippen LogP contribution in [0.2, 0.25) is 0 Å². The Morgan fingerprint density at radius 2 is 2.00 bits per heavy atom. The number of aromatic nitrogens is 2. The van der Waals surface area contributed by atoms with Crippen LogP contribution in [0.25, 0.3) is 0 Å². The van der Waals surface area contributed by atoms with Crippen LogP contribution >= 0.6 is 0 Å². The van der Waals surface area contributed by atoms with Crippen LogP contribution in [0.4, 0.5) is 0 Å². The van der Waals surface area contributed by atoms with E-state index in [1.807, 2.05) is 37.5 Å². The fourth-order valence-electron chi connectivity index (χ4n) is 1.78. The van der Waals surface area contributed by atoms with Crippen molar-refractivity contribution in [2.75, 3.05) is 0 Å². The first-order valence-electron chi connectivity index (χ1n) is 5.87. The number of ether oxygens (including phenoxy) is 1. The molecule has 0 amide bonds. The molecule has 0 radical (unpaired) electrons. The quantitative estimate of drug-likeness (QED) is 0.807. The summed E-state index contributed by atoms with van der Waals surface area (Å²) in [5.74, 6) is 1.42. The molecule has 3 heteroatoms. The minimum absolute atomic E-state index is 0.468. The van der Waals surface area contributed by atoms with Gasteiger partial charge in [0, 0.05) is 13.2 Å². The topological polar surface area (TPSA) is 27.1 Å². The molecule has 2 aromatic rings. The first kappa shape index (κ1) is 11.7. The van der Waals surface area contributed by atoms with E-state index in [4.69, 9.17) is 4.74 Å². The second-order valence-corrected chi connectivity index (χ2v) is 4.46. The molecule has 17 heavy (non-hydrogen) atoms. The van der Waals surface area contributed by atoms with Crippen LogP contribution in [0.15, 0.2) is 36.5 Å². The maximum atomic E-state index is 5.82. The van der Waals surface area contributed by atoms with Gasteiger partial charge in [0.05, 0.1) is 5.69 Å². The normalized spacial score (nSPS) is 10.8. The first-order chi connectivity index (χ1) is 8.16. The highest BCUT2D eigenvalue weighted by Gasteiger charge is 2.07. The molecule has 0 saturated heterocycles. The van der Waals surface area contributed by atoms with Gasteiger partial charge >= 0.3 is 0 Å². The van der Waals surface area contributed by atoms with Crippen molar-refractivity contribution in [1.82, 2.24) is 9.78 Å². The van der Waals surface area contributed by atoms with Gasteiger partial charge in [0.1, 0.15) is 12.4 Å². The molecule has 1 aromatic heterocycles. The van der Waals surface area contributed by atoms with Crippen molar-refractivity contribution in [2.45, 2.75) is 26.4 Å². The highest BCUT2D eigenvalue weighted by Crippen LogP contribution is 2.26. The van der Waals surface area contributed by atoms with Crippen molar-refractivity contribution in [1.29, 1.82) is 0 Å². The van der Waals surface area contributed by atoms with Crippen molar-refractivity contribution >= 4 is 0 Å². The summed E-state index contributed by atoms with van der Waals surface area (Å²) >= 11 is 0. The maximum Gasteiger partial charge on any atom is 0.132 e. The molecule has 0 spiro atoms. The van der Waals surface area contributed by atoms with E-state index < -0.39 is 0 Å². The molecular formula is C14H18N2O. The molecule has 0 N–H and O–H groups in total. The molecule has 2 rings (SSSR count). The SMILES string of the molecule is CC(C)c1ccccc1OCc1ccn(C)n1. The summed E-state index contributed by atoms with van der Waals surface area (Å²) in [6.45, 7) is 4.86. The lowest BCUT2D eigenvalue weighted by atomic mass is 10.0. The van der Waals surface area contributed by atoms with Gasteiger partial charge in [-0.05, 0) is 23.6 Å². The molecule has 0 aliphatic carbocycles. The number of para-hydroxylation sites is 1. The molecule has 1 heterocycles. The zero-order chi connectivity index (χ0) is 12.3. The van der Waals surface area contributed by atoms with Crippen LogP contribution in [0.3, 0.4) is 0 Å². The van der Waals surface area contributed by atoms with Crippen LogP contribution in [0.1, 0.15) is 31.0 Å². The minimum Gasteiger partial charge on any atom is -0.487 e. The third-order valence-corrected chi connectivity index (χ3v) is 2.69. The van der Waals surface area contributed by atoms with Gasteiger partial charge < -0.3 is 4.74 Å². The Balaban J connectivity index is 2.08. The zero-order valence-corrected chi connectivity index (χ0v) is 10.6. The second kappa shape index (κ2) is 5.04. The molecule has 3 nitrogen and oxygen atoms in total. The summed E-state index contributed by atoms with van der Waals surface area (Å²) < 4.78 is 7.61. The molecule has 0 fully saturated rings. The van der Waals surface area contributed by atoms with Gasteiger partial charge in [-0.25, -0.2) is 0 Å². The standard InChI is InChI=1S/C14H18N2O/c1-11(2)13-6-4-5-7-14(13)17-10-12-8-9-16(3)15-12/h4-9,11H,10H2,1-3H3. The smallest absolute Gasteiger partial charge is 0.132 e. The highest BCUT2D eigenvalue weighted by molar-refractivity contribution is 5.35. The minimum atomic E-state index is 0.468. The van der Waals surface area contributed by atoms with E-state index >= 15 is 0 Å². The zero-order valence-electron chi connectivity index (χ0n) is 10.6. The number of benzene rings is 1. The van der Waals surface area contributed by atoms with Crippen LogP contribution in [-0.2, 0) is 13.7 Å². The van der Waals surface area contributed by atoms with Crippen molar-refractivity contribution in [3.63, 3.8) is 0 Å². The third kappa shape index (κ3) is 2.87. The van der Waals surface area contributed by atoms with E-state index in [0.717, 1.165) is 11.4 Å². The summed E-state index contributed by atoms with van der Waals surface area (Å²) in [7, 11) is 1.91. The van der Waals surface area contributed by atoms with E-state index in [9.17, 15) is 0 Å².